The van der Waals surface area contributed by atoms with Crippen molar-refractivity contribution in [2.75, 3.05) is 0 Å². The molecule has 0 radical (unpaired) electrons. The summed E-state index contributed by atoms with van der Waals surface area (Å²) in [4.78, 5) is 16.5. The predicted molar refractivity (Wildman–Crippen MR) is 79.1 cm³/mol. The van der Waals surface area contributed by atoms with Crippen molar-refractivity contribution in [1.29, 1.82) is 0 Å². The lowest BCUT2D eigenvalue weighted by molar-refractivity contribution is 0.479. The molecular weight excluding hydrogens is 295 g/mol. The van der Waals surface area contributed by atoms with E-state index in [9.17, 15) is 14.3 Å². The molecule has 4 nitrogen and oxygen atoms in total. The van der Waals surface area contributed by atoms with E-state index in [0.717, 1.165) is 0 Å². The van der Waals surface area contributed by atoms with Gasteiger partial charge in [-0.05, 0) is 24.3 Å². The number of fused-ring (bicyclic) bond motifs is 1. The molecule has 21 heavy (non-hydrogen) atoms. The van der Waals surface area contributed by atoms with Gasteiger partial charge in [-0.3, -0.25) is 9.78 Å². The summed E-state index contributed by atoms with van der Waals surface area (Å²) in [6, 6.07) is 7.37. The molecule has 0 bridgehead atoms. The van der Waals surface area contributed by atoms with E-state index in [4.69, 9.17) is 11.6 Å². The number of rotatable bonds is 1. The third-order valence-electron chi connectivity index (χ3n) is 3.34. The molecule has 0 saturated carbocycles. The highest BCUT2D eigenvalue weighted by Gasteiger charge is 2.21. The number of hydrogen-bond donors (Lipinski definition) is 1. The van der Waals surface area contributed by atoms with Crippen LogP contribution in [0.3, 0.4) is 0 Å². The fourth-order valence-electron chi connectivity index (χ4n) is 2.31. The molecular formula is C15H10ClFN2O2. The van der Waals surface area contributed by atoms with Gasteiger partial charge in [-0.1, -0.05) is 17.7 Å². The number of halogens is 2. The van der Waals surface area contributed by atoms with Gasteiger partial charge >= 0.3 is 0 Å². The van der Waals surface area contributed by atoms with Crippen LogP contribution in [0.2, 0.25) is 5.02 Å². The number of benzene rings is 1. The molecule has 1 N–H and O–H groups in total. The predicted octanol–water partition coefficient (Wildman–Crippen LogP) is 3.10. The van der Waals surface area contributed by atoms with Crippen LogP contribution in [0.5, 0.6) is 5.75 Å². The quantitative estimate of drug-likeness (QED) is 0.751. The van der Waals surface area contributed by atoms with Crippen LogP contribution < -0.4 is 5.56 Å². The van der Waals surface area contributed by atoms with Crippen LogP contribution in [0.4, 0.5) is 4.39 Å². The van der Waals surface area contributed by atoms with E-state index in [0.29, 0.717) is 5.52 Å². The molecule has 3 aromatic rings. The van der Waals surface area contributed by atoms with Crippen molar-refractivity contribution < 1.29 is 9.50 Å². The average Bonchev–Trinajstić information content (AvgIpc) is 2.48. The van der Waals surface area contributed by atoms with Gasteiger partial charge in [0.05, 0.1) is 16.1 Å². The fraction of sp³-hybridized carbons (Fsp3) is 0.0667. The molecule has 0 aliphatic rings. The maximum absolute atomic E-state index is 14.1. The van der Waals surface area contributed by atoms with E-state index in [2.05, 4.69) is 4.98 Å². The van der Waals surface area contributed by atoms with Gasteiger partial charge in [0.25, 0.3) is 5.56 Å². The van der Waals surface area contributed by atoms with E-state index in [1.165, 1.54) is 36.0 Å². The van der Waals surface area contributed by atoms with Gasteiger partial charge in [0.15, 0.2) is 5.75 Å². The van der Waals surface area contributed by atoms with Crippen LogP contribution >= 0.6 is 11.6 Å². The van der Waals surface area contributed by atoms with Gasteiger partial charge in [-0.15, -0.1) is 0 Å². The second-order valence-electron chi connectivity index (χ2n) is 4.56. The first-order valence-corrected chi connectivity index (χ1v) is 6.51. The minimum atomic E-state index is -0.676. The summed E-state index contributed by atoms with van der Waals surface area (Å²) in [6.07, 6.45) is 1.49. The molecule has 0 aliphatic carbocycles. The summed E-state index contributed by atoms with van der Waals surface area (Å²) in [6.45, 7) is 0. The van der Waals surface area contributed by atoms with Gasteiger partial charge < -0.3 is 9.67 Å². The number of aryl methyl sites for hydroxylation is 1. The van der Waals surface area contributed by atoms with Crippen molar-refractivity contribution in [3.05, 3.63) is 57.7 Å². The number of pyridine rings is 2. The molecule has 2 heterocycles. The van der Waals surface area contributed by atoms with E-state index < -0.39 is 11.4 Å². The molecule has 0 atom stereocenters. The van der Waals surface area contributed by atoms with Crippen molar-refractivity contribution in [2.24, 2.45) is 7.05 Å². The lowest BCUT2D eigenvalue weighted by Gasteiger charge is -2.12. The summed E-state index contributed by atoms with van der Waals surface area (Å²) in [5.74, 6) is -1.05. The maximum atomic E-state index is 14.1. The van der Waals surface area contributed by atoms with E-state index in [1.54, 1.807) is 12.1 Å². The van der Waals surface area contributed by atoms with Crippen molar-refractivity contribution >= 4 is 22.6 Å². The number of nitrogens with zero attached hydrogens (tertiary/aromatic N) is 2. The summed E-state index contributed by atoms with van der Waals surface area (Å²) in [5.41, 5.74) is -0.179. The zero-order chi connectivity index (χ0) is 15.1. The lowest BCUT2D eigenvalue weighted by Crippen LogP contribution is -2.20. The van der Waals surface area contributed by atoms with E-state index >= 15 is 0 Å². The Morgan fingerprint density at radius 1 is 1.24 bits per heavy atom. The normalized spacial score (nSPS) is 11.0. The van der Waals surface area contributed by atoms with Crippen LogP contribution in [-0.2, 0) is 7.05 Å². The highest BCUT2D eigenvalue weighted by Crippen LogP contribution is 2.36. The first kappa shape index (κ1) is 13.6. The van der Waals surface area contributed by atoms with Crippen LogP contribution in [0.15, 0.2) is 41.3 Å². The van der Waals surface area contributed by atoms with Crippen molar-refractivity contribution in [1.82, 2.24) is 9.55 Å². The second kappa shape index (κ2) is 4.86. The third-order valence-corrected chi connectivity index (χ3v) is 3.66. The number of hydrogen-bond acceptors (Lipinski definition) is 3. The summed E-state index contributed by atoms with van der Waals surface area (Å²) < 4.78 is 15.4. The summed E-state index contributed by atoms with van der Waals surface area (Å²) >= 11 is 5.99. The van der Waals surface area contributed by atoms with Gasteiger partial charge in [0.2, 0.25) is 0 Å². The Labute approximate surface area is 124 Å². The molecule has 3 rings (SSSR count). The van der Waals surface area contributed by atoms with Gasteiger partial charge in [0.1, 0.15) is 11.3 Å². The van der Waals surface area contributed by atoms with Crippen molar-refractivity contribution in [2.45, 2.75) is 0 Å². The third kappa shape index (κ3) is 1.97. The van der Waals surface area contributed by atoms with E-state index in [1.807, 2.05) is 0 Å². The molecule has 0 fully saturated rings. The second-order valence-corrected chi connectivity index (χ2v) is 4.96. The average molecular weight is 305 g/mol. The highest BCUT2D eigenvalue weighted by molar-refractivity contribution is 6.33. The smallest absolute Gasteiger partial charge is 0.262 e. The van der Waals surface area contributed by atoms with Crippen molar-refractivity contribution in [3.63, 3.8) is 0 Å². The summed E-state index contributed by atoms with van der Waals surface area (Å²) in [7, 11) is 1.53. The fourth-order valence-corrected chi connectivity index (χ4v) is 2.57. The maximum Gasteiger partial charge on any atom is 0.262 e. The Morgan fingerprint density at radius 3 is 2.71 bits per heavy atom. The SMILES string of the molecule is Cn1c(=O)c(-c2c(F)cccc2Cl)c(O)c2ncccc21. The zero-order valence-corrected chi connectivity index (χ0v) is 11.7. The molecule has 1 aromatic carbocycles. The highest BCUT2D eigenvalue weighted by atomic mass is 35.5. The van der Waals surface area contributed by atoms with Crippen LogP contribution in [-0.4, -0.2) is 14.7 Å². The molecule has 0 spiro atoms. The Bertz CT molecular complexity index is 901. The molecule has 6 heteroatoms. The largest absolute Gasteiger partial charge is 0.505 e. The Hall–Kier alpha value is -2.40. The van der Waals surface area contributed by atoms with E-state index in [-0.39, 0.29) is 27.4 Å². The minimum absolute atomic E-state index is 0.0534. The van der Waals surface area contributed by atoms with Crippen LogP contribution in [0.25, 0.3) is 22.2 Å². The molecule has 0 amide bonds. The molecule has 0 saturated heterocycles. The van der Waals surface area contributed by atoms with Gasteiger partial charge in [-0.2, -0.15) is 0 Å². The Balaban J connectivity index is 2.53. The first-order chi connectivity index (χ1) is 10.0. The molecule has 0 unspecified atom stereocenters. The zero-order valence-electron chi connectivity index (χ0n) is 11.0. The van der Waals surface area contributed by atoms with Crippen molar-refractivity contribution in [3.8, 4) is 16.9 Å². The molecule has 2 aromatic heterocycles. The van der Waals surface area contributed by atoms with Crippen LogP contribution in [0.1, 0.15) is 0 Å². The molecule has 0 aliphatic heterocycles. The number of aromatic nitrogens is 2. The standard InChI is InChI=1S/C15H10ClFN2O2/c1-19-10-6-3-7-18-13(10)14(20)12(15(19)21)11-8(16)4-2-5-9(11)17/h2-7,20H,1H3. The van der Waals surface area contributed by atoms with Gasteiger partial charge in [-0.25, -0.2) is 4.39 Å². The lowest BCUT2D eigenvalue weighted by atomic mass is 10.0. The van der Waals surface area contributed by atoms with Gasteiger partial charge in [0, 0.05) is 18.8 Å². The number of aromatic hydroxyl groups is 1. The Kier molecular flexibility index (Phi) is 3.14. The first-order valence-electron chi connectivity index (χ1n) is 6.13. The monoisotopic (exact) mass is 304 g/mol. The topological polar surface area (TPSA) is 55.1 Å². The Morgan fingerprint density at radius 2 is 2.00 bits per heavy atom. The minimum Gasteiger partial charge on any atom is -0.505 e. The summed E-state index contributed by atoms with van der Waals surface area (Å²) in [5, 5.41) is 10.4. The van der Waals surface area contributed by atoms with Crippen LogP contribution in [0, 0.1) is 5.82 Å². The molecule has 106 valence electrons.